The molecular formula is C14H19N5OS. The number of nitrogens with two attached hydrogens (primary N) is 1. The fourth-order valence-electron chi connectivity index (χ4n) is 1.82. The van der Waals surface area contributed by atoms with Crippen molar-refractivity contribution in [1.82, 2.24) is 15.3 Å². The third kappa shape index (κ3) is 3.56. The van der Waals surface area contributed by atoms with Gasteiger partial charge in [0.2, 0.25) is 0 Å². The van der Waals surface area contributed by atoms with Gasteiger partial charge in [-0.3, -0.25) is 10.6 Å². The zero-order valence-electron chi connectivity index (χ0n) is 12.3. The van der Waals surface area contributed by atoms with Crippen LogP contribution in [0.5, 0.6) is 0 Å². The number of hydrogen-bond acceptors (Lipinski definition) is 6. The number of anilines is 1. The third-order valence-electron chi connectivity index (χ3n) is 3.09. The number of hydrazine groups is 1. The number of carbonyl (C=O) groups is 1. The summed E-state index contributed by atoms with van der Waals surface area (Å²) in [6, 6.07) is 1.89. The molecule has 2 aromatic heterocycles. The standard InChI is InChI=1S/C14H19N5OS/c1-8(2)13-16-6-11(19-15)12(18-13)14(20)17-9(3)10-4-5-21-7-10/h4-9,19H,15H2,1-3H3,(H,17,20). The first-order valence-corrected chi connectivity index (χ1v) is 7.63. The number of nitrogen functional groups attached to an aromatic ring is 1. The lowest BCUT2D eigenvalue weighted by molar-refractivity contribution is 0.0935. The SMILES string of the molecule is CC(C)c1ncc(NN)c(C(=O)NC(C)c2ccsc2)n1. The molecule has 21 heavy (non-hydrogen) atoms. The molecule has 1 unspecified atom stereocenters. The second-order valence-corrected chi connectivity index (χ2v) is 5.82. The fourth-order valence-corrected chi connectivity index (χ4v) is 2.58. The lowest BCUT2D eigenvalue weighted by Gasteiger charge is -2.15. The van der Waals surface area contributed by atoms with Crippen LogP contribution in [0, 0.1) is 0 Å². The molecule has 2 rings (SSSR count). The summed E-state index contributed by atoms with van der Waals surface area (Å²) in [5.74, 6) is 5.91. The van der Waals surface area contributed by atoms with Crippen LogP contribution in [0.2, 0.25) is 0 Å². The summed E-state index contributed by atoms with van der Waals surface area (Å²) in [6.07, 6.45) is 1.53. The maximum Gasteiger partial charge on any atom is 0.272 e. The summed E-state index contributed by atoms with van der Waals surface area (Å²) < 4.78 is 0. The number of nitrogens with one attached hydrogen (secondary N) is 2. The zero-order chi connectivity index (χ0) is 15.4. The van der Waals surface area contributed by atoms with Crippen molar-refractivity contribution in [2.24, 2.45) is 5.84 Å². The minimum absolute atomic E-state index is 0.0909. The summed E-state index contributed by atoms with van der Waals surface area (Å²) in [6.45, 7) is 5.88. The lowest BCUT2D eigenvalue weighted by Crippen LogP contribution is -2.29. The van der Waals surface area contributed by atoms with E-state index in [9.17, 15) is 4.79 Å². The number of amides is 1. The largest absolute Gasteiger partial charge is 0.344 e. The molecule has 0 saturated heterocycles. The highest BCUT2D eigenvalue weighted by Crippen LogP contribution is 2.19. The van der Waals surface area contributed by atoms with Crippen molar-refractivity contribution in [3.63, 3.8) is 0 Å². The Morgan fingerprint density at radius 1 is 1.38 bits per heavy atom. The van der Waals surface area contributed by atoms with Crippen LogP contribution in [-0.4, -0.2) is 15.9 Å². The van der Waals surface area contributed by atoms with Gasteiger partial charge in [0.25, 0.3) is 5.91 Å². The van der Waals surface area contributed by atoms with Crippen LogP contribution in [-0.2, 0) is 0 Å². The Morgan fingerprint density at radius 3 is 2.71 bits per heavy atom. The summed E-state index contributed by atoms with van der Waals surface area (Å²) in [7, 11) is 0. The van der Waals surface area contributed by atoms with Crippen molar-refractivity contribution >= 4 is 22.9 Å². The van der Waals surface area contributed by atoms with Crippen LogP contribution in [0.15, 0.2) is 23.0 Å². The van der Waals surface area contributed by atoms with Crippen molar-refractivity contribution in [2.45, 2.75) is 32.7 Å². The highest BCUT2D eigenvalue weighted by atomic mass is 32.1. The molecule has 0 saturated carbocycles. The van der Waals surface area contributed by atoms with Gasteiger partial charge in [0.05, 0.1) is 17.9 Å². The highest BCUT2D eigenvalue weighted by molar-refractivity contribution is 7.07. The molecule has 0 aliphatic rings. The van der Waals surface area contributed by atoms with Crippen LogP contribution in [0.3, 0.4) is 0 Å². The van der Waals surface area contributed by atoms with Crippen LogP contribution < -0.4 is 16.6 Å². The van der Waals surface area contributed by atoms with Crippen molar-refractivity contribution in [3.05, 3.63) is 40.1 Å². The van der Waals surface area contributed by atoms with Gasteiger partial charge in [-0.15, -0.1) is 0 Å². The molecule has 2 heterocycles. The topological polar surface area (TPSA) is 92.9 Å². The first kappa shape index (κ1) is 15.4. The van der Waals surface area contributed by atoms with E-state index in [-0.39, 0.29) is 23.6 Å². The second kappa shape index (κ2) is 6.64. The first-order chi connectivity index (χ1) is 10.0. The van der Waals surface area contributed by atoms with E-state index in [2.05, 4.69) is 20.7 Å². The van der Waals surface area contributed by atoms with E-state index in [0.717, 1.165) is 5.56 Å². The Kier molecular flexibility index (Phi) is 4.87. The Hall–Kier alpha value is -1.99. The molecule has 4 N–H and O–H groups in total. The van der Waals surface area contributed by atoms with E-state index in [1.165, 1.54) is 6.20 Å². The van der Waals surface area contributed by atoms with Gasteiger partial charge in [-0.05, 0) is 29.3 Å². The number of carbonyl (C=O) groups excluding carboxylic acids is 1. The summed E-state index contributed by atoms with van der Waals surface area (Å²) in [4.78, 5) is 20.9. The van der Waals surface area contributed by atoms with E-state index in [1.54, 1.807) is 11.3 Å². The smallest absolute Gasteiger partial charge is 0.272 e. The van der Waals surface area contributed by atoms with Crippen molar-refractivity contribution < 1.29 is 4.79 Å². The molecule has 0 aliphatic heterocycles. The third-order valence-corrected chi connectivity index (χ3v) is 3.79. The van der Waals surface area contributed by atoms with Gasteiger partial charge >= 0.3 is 0 Å². The van der Waals surface area contributed by atoms with Crippen molar-refractivity contribution in [3.8, 4) is 0 Å². The van der Waals surface area contributed by atoms with E-state index in [0.29, 0.717) is 11.5 Å². The predicted molar refractivity (Wildman–Crippen MR) is 84.1 cm³/mol. The van der Waals surface area contributed by atoms with E-state index < -0.39 is 0 Å². The molecule has 1 amide bonds. The summed E-state index contributed by atoms with van der Waals surface area (Å²) >= 11 is 1.60. The number of hydrogen-bond donors (Lipinski definition) is 3. The van der Waals surface area contributed by atoms with E-state index in [1.807, 2.05) is 37.6 Å². The van der Waals surface area contributed by atoms with Crippen LogP contribution in [0.1, 0.15) is 54.6 Å². The van der Waals surface area contributed by atoms with Crippen molar-refractivity contribution in [2.75, 3.05) is 5.43 Å². The maximum atomic E-state index is 12.4. The molecule has 7 heteroatoms. The molecule has 112 valence electrons. The van der Waals surface area contributed by atoms with Crippen LogP contribution in [0.4, 0.5) is 5.69 Å². The molecule has 0 radical (unpaired) electrons. The number of nitrogens with zero attached hydrogens (tertiary/aromatic N) is 2. The fraction of sp³-hybridized carbons (Fsp3) is 0.357. The monoisotopic (exact) mass is 305 g/mol. The molecule has 6 nitrogen and oxygen atoms in total. The quantitative estimate of drug-likeness (QED) is 0.583. The maximum absolute atomic E-state index is 12.4. The van der Waals surface area contributed by atoms with Crippen LogP contribution in [0.25, 0.3) is 0 Å². The number of rotatable bonds is 5. The normalized spacial score (nSPS) is 12.2. The van der Waals surface area contributed by atoms with Crippen molar-refractivity contribution in [1.29, 1.82) is 0 Å². The molecule has 0 aromatic carbocycles. The molecule has 2 aromatic rings. The number of thiophene rings is 1. The predicted octanol–water partition coefficient (Wildman–Crippen LogP) is 2.44. The van der Waals surface area contributed by atoms with Gasteiger partial charge in [-0.1, -0.05) is 13.8 Å². The average Bonchev–Trinajstić information content (AvgIpc) is 3.00. The second-order valence-electron chi connectivity index (χ2n) is 5.04. The first-order valence-electron chi connectivity index (χ1n) is 6.69. The summed E-state index contributed by atoms with van der Waals surface area (Å²) in [5.41, 5.74) is 4.20. The Balaban J connectivity index is 2.23. The molecule has 0 bridgehead atoms. The molecular weight excluding hydrogens is 286 g/mol. The molecule has 0 spiro atoms. The van der Waals surface area contributed by atoms with Gasteiger partial charge in [0.1, 0.15) is 5.82 Å². The average molecular weight is 305 g/mol. The van der Waals surface area contributed by atoms with Gasteiger partial charge in [-0.2, -0.15) is 11.3 Å². The van der Waals surface area contributed by atoms with Gasteiger partial charge in [-0.25, -0.2) is 9.97 Å². The Morgan fingerprint density at radius 2 is 2.14 bits per heavy atom. The Labute approximate surface area is 127 Å². The van der Waals surface area contributed by atoms with E-state index in [4.69, 9.17) is 5.84 Å². The Bertz CT molecular complexity index is 612. The van der Waals surface area contributed by atoms with Crippen LogP contribution >= 0.6 is 11.3 Å². The van der Waals surface area contributed by atoms with Gasteiger partial charge in [0.15, 0.2) is 5.69 Å². The lowest BCUT2D eigenvalue weighted by atomic mass is 10.1. The summed E-state index contributed by atoms with van der Waals surface area (Å²) in [5, 5.41) is 6.91. The molecule has 1 atom stereocenters. The van der Waals surface area contributed by atoms with Gasteiger partial charge in [0, 0.05) is 5.92 Å². The molecule has 0 fully saturated rings. The van der Waals surface area contributed by atoms with Gasteiger partial charge < -0.3 is 10.7 Å². The minimum atomic E-state index is -0.272. The molecule has 0 aliphatic carbocycles. The number of aromatic nitrogens is 2. The zero-order valence-corrected chi connectivity index (χ0v) is 13.1. The van der Waals surface area contributed by atoms with E-state index >= 15 is 0 Å². The highest BCUT2D eigenvalue weighted by Gasteiger charge is 2.18. The minimum Gasteiger partial charge on any atom is -0.344 e.